The van der Waals surface area contributed by atoms with Crippen LogP contribution in [0.15, 0.2) is 29.8 Å². The Kier molecular flexibility index (Phi) is 4.24. The van der Waals surface area contributed by atoms with Gasteiger partial charge in [-0.05, 0) is 25.1 Å². The molecule has 0 bridgehead atoms. The van der Waals surface area contributed by atoms with E-state index in [4.69, 9.17) is 5.73 Å². The van der Waals surface area contributed by atoms with Crippen LogP contribution in [-0.4, -0.2) is 29.9 Å². The number of amides is 1. The van der Waals surface area contributed by atoms with Gasteiger partial charge >= 0.3 is 0 Å². The molecule has 1 heterocycles. The molecule has 6 heteroatoms. The van der Waals surface area contributed by atoms with Crippen molar-refractivity contribution in [2.24, 2.45) is 0 Å². The molecule has 0 aliphatic carbocycles. The van der Waals surface area contributed by atoms with E-state index in [-0.39, 0.29) is 11.9 Å². The molecule has 0 aliphatic rings. The molecular formula is C14H18N4OS. The fourth-order valence-corrected chi connectivity index (χ4v) is 2.47. The van der Waals surface area contributed by atoms with E-state index in [1.54, 1.807) is 43.8 Å². The van der Waals surface area contributed by atoms with Gasteiger partial charge in [-0.3, -0.25) is 4.79 Å². The highest BCUT2D eigenvalue weighted by Crippen LogP contribution is 2.26. The number of nitrogens with zero attached hydrogens (tertiary/aromatic N) is 2. The van der Waals surface area contributed by atoms with Crippen LogP contribution >= 0.6 is 11.3 Å². The van der Waals surface area contributed by atoms with Gasteiger partial charge in [0.2, 0.25) is 0 Å². The normalized spacial score (nSPS) is 11.9. The molecule has 1 atom stereocenters. The highest BCUT2D eigenvalue weighted by atomic mass is 32.1. The van der Waals surface area contributed by atoms with Gasteiger partial charge in [0.25, 0.3) is 5.91 Å². The number of benzene rings is 1. The molecule has 0 saturated carbocycles. The van der Waals surface area contributed by atoms with Crippen molar-refractivity contribution in [3.05, 3.63) is 40.3 Å². The second kappa shape index (κ2) is 5.92. The van der Waals surface area contributed by atoms with Crippen LogP contribution < -0.4 is 11.1 Å². The van der Waals surface area contributed by atoms with Crippen LogP contribution in [-0.2, 0) is 0 Å². The first-order valence-corrected chi connectivity index (χ1v) is 7.14. The molecule has 1 aromatic heterocycles. The Morgan fingerprint density at radius 3 is 2.75 bits per heavy atom. The monoisotopic (exact) mass is 290 g/mol. The van der Waals surface area contributed by atoms with Gasteiger partial charge in [0.05, 0.1) is 17.4 Å². The smallest absolute Gasteiger partial charge is 0.253 e. The third-order valence-corrected chi connectivity index (χ3v) is 3.86. The summed E-state index contributed by atoms with van der Waals surface area (Å²) in [5.74, 6) is -0.0591. The maximum atomic E-state index is 11.9. The van der Waals surface area contributed by atoms with Gasteiger partial charge < -0.3 is 16.0 Å². The van der Waals surface area contributed by atoms with E-state index in [1.165, 1.54) is 4.90 Å². The SMILES string of the molecule is CC(Nc1ccc(C(=O)N(C)C)cc1N)c1nccs1. The van der Waals surface area contributed by atoms with Crippen LogP contribution in [0.1, 0.15) is 28.3 Å². The summed E-state index contributed by atoms with van der Waals surface area (Å²) in [4.78, 5) is 17.7. The predicted molar refractivity (Wildman–Crippen MR) is 83.0 cm³/mol. The number of aromatic nitrogens is 1. The minimum atomic E-state index is -0.0591. The van der Waals surface area contributed by atoms with E-state index in [1.807, 2.05) is 18.4 Å². The van der Waals surface area contributed by atoms with Gasteiger partial charge in [0, 0.05) is 31.2 Å². The Morgan fingerprint density at radius 1 is 1.45 bits per heavy atom. The van der Waals surface area contributed by atoms with E-state index in [0.29, 0.717) is 11.3 Å². The van der Waals surface area contributed by atoms with Crippen molar-refractivity contribution in [1.82, 2.24) is 9.88 Å². The lowest BCUT2D eigenvalue weighted by atomic mass is 10.1. The summed E-state index contributed by atoms with van der Waals surface area (Å²) in [6.07, 6.45) is 1.78. The lowest BCUT2D eigenvalue weighted by Gasteiger charge is -2.16. The van der Waals surface area contributed by atoms with Gasteiger partial charge in [0.15, 0.2) is 0 Å². The van der Waals surface area contributed by atoms with E-state index in [9.17, 15) is 4.79 Å². The summed E-state index contributed by atoms with van der Waals surface area (Å²) in [5, 5.41) is 6.24. The fourth-order valence-electron chi connectivity index (χ4n) is 1.83. The predicted octanol–water partition coefficient (Wildman–Crippen LogP) is 2.60. The number of anilines is 2. The Balaban J connectivity index is 2.16. The molecule has 0 fully saturated rings. The average Bonchev–Trinajstić information content (AvgIpc) is 2.94. The van der Waals surface area contributed by atoms with Crippen LogP contribution in [0.3, 0.4) is 0 Å². The number of carbonyl (C=O) groups excluding carboxylic acids is 1. The van der Waals surface area contributed by atoms with Crippen molar-refractivity contribution >= 4 is 28.6 Å². The standard InChI is InChI=1S/C14H18N4OS/c1-9(13-16-6-7-20-13)17-12-5-4-10(8-11(12)15)14(19)18(2)3/h4-9,17H,15H2,1-3H3. The molecule has 0 spiro atoms. The number of nitrogens with two attached hydrogens (primary N) is 1. The number of nitrogens with one attached hydrogen (secondary N) is 1. The van der Waals surface area contributed by atoms with Crippen molar-refractivity contribution in [1.29, 1.82) is 0 Å². The second-order valence-electron chi connectivity index (χ2n) is 4.74. The summed E-state index contributed by atoms with van der Waals surface area (Å²) in [6.45, 7) is 2.02. The third kappa shape index (κ3) is 3.08. The maximum Gasteiger partial charge on any atom is 0.253 e. The van der Waals surface area contributed by atoms with E-state index < -0.39 is 0 Å². The van der Waals surface area contributed by atoms with E-state index in [2.05, 4.69) is 10.3 Å². The topological polar surface area (TPSA) is 71.2 Å². The average molecular weight is 290 g/mol. The zero-order chi connectivity index (χ0) is 14.7. The van der Waals surface area contributed by atoms with Crippen LogP contribution in [0, 0.1) is 0 Å². The summed E-state index contributed by atoms with van der Waals surface area (Å²) in [5.41, 5.74) is 7.96. The summed E-state index contributed by atoms with van der Waals surface area (Å²) >= 11 is 1.59. The number of carbonyl (C=O) groups is 1. The van der Waals surface area contributed by atoms with Crippen LogP contribution in [0.5, 0.6) is 0 Å². The summed E-state index contributed by atoms with van der Waals surface area (Å²) < 4.78 is 0. The highest BCUT2D eigenvalue weighted by molar-refractivity contribution is 7.09. The molecule has 0 saturated heterocycles. The van der Waals surface area contributed by atoms with Crippen molar-refractivity contribution in [3.8, 4) is 0 Å². The zero-order valence-electron chi connectivity index (χ0n) is 11.8. The van der Waals surface area contributed by atoms with Crippen molar-refractivity contribution in [3.63, 3.8) is 0 Å². The van der Waals surface area contributed by atoms with Gasteiger partial charge in [-0.1, -0.05) is 0 Å². The molecule has 1 amide bonds. The molecule has 0 radical (unpaired) electrons. The van der Waals surface area contributed by atoms with Gasteiger partial charge in [-0.15, -0.1) is 11.3 Å². The van der Waals surface area contributed by atoms with Crippen LogP contribution in [0.4, 0.5) is 11.4 Å². The quantitative estimate of drug-likeness (QED) is 0.849. The molecule has 106 valence electrons. The maximum absolute atomic E-state index is 11.9. The lowest BCUT2D eigenvalue weighted by molar-refractivity contribution is 0.0827. The minimum absolute atomic E-state index is 0.0591. The van der Waals surface area contributed by atoms with Gasteiger partial charge in [0.1, 0.15) is 5.01 Å². The highest BCUT2D eigenvalue weighted by Gasteiger charge is 2.12. The minimum Gasteiger partial charge on any atom is -0.397 e. The summed E-state index contributed by atoms with van der Waals surface area (Å²) in [6, 6.07) is 5.37. The van der Waals surface area contributed by atoms with E-state index in [0.717, 1.165) is 10.7 Å². The molecule has 0 aliphatic heterocycles. The van der Waals surface area contributed by atoms with Gasteiger partial charge in [-0.25, -0.2) is 4.98 Å². The number of nitrogen functional groups attached to an aromatic ring is 1. The Hall–Kier alpha value is -2.08. The number of hydrogen-bond donors (Lipinski definition) is 2. The summed E-state index contributed by atoms with van der Waals surface area (Å²) in [7, 11) is 3.43. The second-order valence-corrected chi connectivity index (χ2v) is 5.66. The first-order chi connectivity index (χ1) is 9.49. The Labute approximate surface area is 122 Å². The molecule has 20 heavy (non-hydrogen) atoms. The Bertz CT molecular complexity index is 595. The van der Waals surface area contributed by atoms with Crippen molar-refractivity contribution < 1.29 is 4.79 Å². The van der Waals surface area contributed by atoms with Crippen LogP contribution in [0.2, 0.25) is 0 Å². The number of hydrogen-bond acceptors (Lipinski definition) is 5. The van der Waals surface area contributed by atoms with E-state index >= 15 is 0 Å². The molecule has 2 aromatic rings. The first kappa shape index (κ1) is 14.3. The third-order valence-electron chi connectivity index (χ3n) is 2.90. The lowest BCUT2D eigenvalue weighted by Crippen LogP contribution is -2.21. The zero-order valence-corrected chi connectivity index (χ0v) is 12.6. The first-order valence-electron chi connectivity index (χ1n) is 6.26. The molecule has 3 N–H and O–H groups in total. The molecule has 1 unspecified atom stereocenters. The molecule has 1 aromatic carbocycles. The number of rotatable bonds is 4. The molecule has 2 rings (SSSR count). The van der Waals surface area contributed by atoms with Crippen molar-refractivity contribution in [2.45, 2.75) is 13.0 Å². The van der Waals surface area contributed by atoms with Gasteiger partial charge in [-0.2, -0.15) is 0 Å². The van der Waals surface area contributed by atoms with Crippen LogP contribution in [0.25, 0.3) is 0 Å². The molecular weight excluding hydrogens is 272 g/mol. The Morgan fingerprint density at radius 2 is 2.20 bits per heavy atom. The number of thiazole rings is 1. The van der Waals surface area contributed by atoms with Crippen molar-refractivity contribution in [2.75, 3.05) is 25.1 Å². The molecule has 5 nitrogen and oxygen atoms in total. The largest absolute Gasteiger partial charge is 0.397 e. The fraction of sp³-hybridized carbons (Fsp3) is 0.286.